The first kappa shape index (κ1) is 83.5. The molecule has 0 bridgehead atoms. The van der Waals surface area contributed by atoms with Crippen molar-refractivity contribution in [3.05, 3.63) is 24.3 Å². The minimum absolute atomic E-state index is 0.0356. The predicted molar refractivity (Wildman–Crippen MR) is 367 cm³/mol. The van der Waals surface area contributed by atoms with Crippen molar-refractivity contribution in [2.24, 2.45) is 0 Å². The maximum atomic E-state index is 12.9. The molecule has 0 saturated heterocycles. The highest BCUT2D eigenvalue weighted by atomic mass is 31.2. The Hall–Kier alpha value is -1.51. The average Bonchev–Trinajstić information content (AvgIpc) is 3.50. The third-order valence-electron chi connectivity index (χ3n) is 17.2. The van der Waals surface area contributed by atoms with Gasteiger partial charge in [0.15, 0.2) is 6.10 Å². The number of hydrogen-bond donors (Lipinski definition) is 1. The van der Waals surface area contributed by atoms with Gasteiger partial charge in [-0.1, -0.05) is 359 Å². The van der Waals surface area contributed by atoms with Crippen molar-refractivity contribution in [1.29, 1.82) is 0 Å². The molecule has 0 fully saturated rings. The highest BCUT2D eigenvalue weighted by Gasteiger charge is 2.27. The first-order valence-corrected chi connectivity index (χ1v) is 39.1. The Morgan fingerprint density at radius 1 is 0.365 bits per heavy atom. The van der Waals surface area contributed by atoms with Crippen molar-refractivity contribution in [3.63, 3.8) is 0 Å². The van der Waals surface area contributed by atoms with E-state index in [0.717, 1.165) is 38.5 Å². The molecule has 2 atom stereocenters. The van der Waals surface area contributed by atoms with Crippen LogP contribution in [0.1, 0.15) is 393 Å². The number of hydrogen-bond acceptors (Lipinski definition) is 7. The van der Waals surface area contributed by atoms with E-state index >= 15 is 0 Å². The molecule has 0 amide bonds. The summed E-state index contributed by atoms with van der Waals surface area (Å²) in [5, 5.41) is 0. The highest BCUT2D eigenvalue weighted by Crippen LogP contribution is 2.43. The van der Waals surface area contributed by atoms with Crippen LogP contribution in [0.2, 0.25) is 0 Å². The van der Waals surface area contributed by atoms with Gasteiger partial charge in [0, 0.05) is 12.8 Å². The van der Waals surface area contributed by atoms with Crippen LogP contribution in [0.4, 0.5) is 0 Å². The summed E-state index contributed by atoms with van der Waals surface area (Å²) in [5.41, 5.74) is 0. The van der Waals surface area contributed by atoms with Gasteiger partial charge in [-0.2, -0.15) is 0 Å². The number of rotatable bonds is 71. The van der Waals surface area contributed by atoms with Crippen LogP contribution in [0.3, 0.4) is 0 Å². The topological polar surface area (TPSA) is 108 Å². The number of quaternary nitrogens is 1. The second kappa shape index (κ2) is 66.9. The molecule has 0 aliphatic heterocycles. The maximum absolute atomic E-state index is 12.9. The molecule has 0 aromatic rings. The summed E-state index contributed by atoms with van der Waals surface area (Å²) in [6.45, 7) is 4.51. The molecule has 0 aliphatic rings. The molecule has 0 rings (SSSR count). The molecular weight excluding hydrogens is 1070 g/mol. The number of likely N-dealkylation sites (N-methyl/N-ethyl adjacent to an activating group) is 1. The third-order valence-corrected chi connectivity index (χ3v) is 18.2. The minimum atomic E-state index is -4.39. The van der Waals surface area contributed by atoms with Crippen LogP contribution in [0.15, 0.2) is 24.3 Å². The largest absolute Gasteiger partial charge is 0.472 e. The first-order chi connectivity index (χ1) is 41.5. The average molecular weight is 1220 g/mol. The van der Waals surface area contributed by atoms with Gasteiger partial charge >= 0.3 is 19.8 Å². The number of esters is 2. The molecule has 85 heavy (non-hydrogen) atoms. The van der Waals surface area contributed by atoms with Gasteiger partial charge in [-0.15, -0.1) is 0 Å². The second-order valence-corrected chi connectivity index (χ2v) is 28.5. The van der Waals surface area contributed by atoms with Gasteiger partial charge in [0.1, 0.15) is 19.8 Å². The fourth-order valence-corrected chi connectivity index (χ4v) is 12.2. The van der Waals surface area contributed by atoms with Gasteiger partial charge in [0.2, 0.25) is 0 Å². The van der Waals surface area contributed by atoms with Crippen molar-refractivity contribution < 1.29 is 42.1 Å². The fourth-order valence-electron chi connectivity index (χ4n) is 11.5. The fraction of sp³-hybridized carbons (Fsp3) is 0.920. The van der Waals surface area contributed by atoms with Crippen LogP contribution in [-0.2, 0) is 32.7 Å². The molecule has 0 spiro atoms. The highest BCUT2D eigenvalue weighted by molar-refractivity contribution is 7.47. The zero-order chi connectivity index (χ0) is 61.9. The second-order valence-electron chi connectivity index (χ2n) is 27.0. The molecule has 9 nitrogen and oxygen atoms in total. The summed E-state index contributed by atoms with van der Waals surface area (Å²) in [6, 6.07) is 0. The monoisotopic (exact) mass is 1220 g/mol. The van der Waals surface area contributed by atoms with E-state index in [1.54, 1.807) is 0 Å². The van der Waals surface area contributed by atoms with Gasteiger partial charge < -0.3 is 18.9 Å². The van der Waals surface area contributed by atoms with Gasteiger partial charge in [-0.3, -0.25) is 18.6 Å². The molecule has 0 aliphatic carbocycles. The minimum Gasteiger partial charge on any atom is -0.462 e. The molecule has 0 aromatic carbocycles. The van der Waals surface area contributed by atoms with E-state index < -0.39 is 26.5 Å². The number of carbonyl (C=O) groups is 2. The molecular formula is C75H147NO8P+. The Morgan fingerprint density at radius 2 is 0.635 bits per heavy atom. The van der Waals surface area contributed by atoms with Crippen molar-refractivity contribution in [2.45, 2.75) is 399 Å². The van der Waals surface area contributed by atoms with Gasteiger partial charge in [-0.05, 0) is 44.9 Å². The first-order valence-electron chi connectivity index (χ1n) is 37.6. The summed E-state index contributed by atoms with van der Waals surface area (Å²) >= 11 is 0. The summed E-state index contributed by atoms with van der Waals surface area (Å²) in [5.74, 6) is -0.772. The maximum Gasteiger partial charge on any atom is 0.472 e. The number of phosphoric acid groups is 1. The van der Waals surface area contributed by atoms with Crippen LogP contribution >= 0.6 is 7.82 Å². The molecule has 2 unspecified atom stereocenters. The zero-order valence-corrected chi connectivity index (χ0v) is 58.5. The number of allylic oxidation sites excluding steroid dienone is 4. The number of unbranched alkanes of at least 4 members (excludes halogenated alkanes) is 53. The van der Waals surface area contributed by atoms with Crippen LogP contribution in [0, 0.1) is 0 Å². The lowest BCUT2D eigenvalue weighted by molar-refractivity contribution is -0.870. The summed E-state index contributed by atoms with van der Waals surface area (Å²) < 4.78 is 34.8. The molecule has 504 valence electrons. The Kier molecular flexibility index (Phi) is 65.7. The Balaban J connectivity index is 3.94. The molecule has 0 heterocycles. The van der Waals surface area contributed by atoms with E-state index in [2.05, 4.69) is 38.2 Å². The molecule has 0 radical (unpaired) electrons. The van der Waals surface area contributed by atoms with Gasteiger partial charge in [0.25, 0.3) is 0 Å². The quantitative estimate of drug-likeness (QED) is 0.0211. The van der Waals surface area contributed by atoms with Crippen molar-refractivity contribution in [2.75, 3.05) is 47.5 Å². The van der Waals surface area contributed by atoms with E-state index in [0.29, 0.717) is 23.9 Å². The lowest BCUT2D eigenvalue weighted by Crippen LogP contribution is -2.37. The number of carbonyl (C=O) groups excluding carboxylic acids is 2. The molecule has 0 saturated carbocycles. The van der Waals surface area contributed by atoms with E-state index in [4.69, 9.17) is 18.5 Å². The Morgan fingerprint density at radius 3 is 0.929 bits per heavy atom. The number of nitrogens with zero attached hydrogens (tertiary/aromatic N) is 1. The summed E-state index contributed by atoms with van der Waals surface area (Å²) in [4.78, 5) is 35.9. The van der Waals surface area contributed by atoms with Crippen LogP contribution in [0.5, 0.6) is 0 Å². The lowest BCUT2D eigenvalue weighted by atomic mass is 10.0. The summed E-state index contributed by atoms with van der Waals surface area (Å²) in [7, 11) is 1.50. The normalized spacial score (nSPS) is 13.2. The van der Waals surface area contributed by atoms with E-state index in [9.17, 15) is 19.0 Å². The Bertz CT molecular complexity index is 1480. The predicted octanol–water partition coefficient (Wildman–Crippen LogP) is 24.4. The Labute approximate surface area is 529 Å². The molecule has 0 aromatic heterocycles. The van der Waals surface area contributed by atoms with Crippen molar-refractivity contribution in [3.8, 4) is 0 Å². The van der Waals surface area contributed by atoms with Crippen molar-refractivity contribution in [1.82, 2.24) is 0 Å². The van der Waals surface area contributed by atoms with Crippen molar-refractivity contribution >= 4 is 19.8 Å². The van der Waals surface area contributed by atoms with E-state index in [1.807, 2.05) is 21.1 Å². The van der Waals surface area contributed by atoms with Crippen LogP contribution in [0.25, 0.3) is 0 Å². The summed E-state index contributed by atoms with van der Waals surface area (Å²) in [6.07, 6.45) is 84.5. The van der Waals surface area contributed by atoms with Crippen LogP contribution < -0.4 is 0 Å². The van der Waals surface area contributed by atoms with E-state index in [-0.39, 0.29) is 25.6 Å². The molecule has 10 heteroatoms. The molecule has 1 N–H and O–H groups in total. The van der Waals surface area contributed by atoms with E-state index in [1.165, 1.54) is 321 Å². The lowest BCUT2D eigenvalue weighted by Gasteiger charge is -2.24. The SMILES string of the molecule is CCCCCCC/C=C\C/C=C\CCCCCCCCCCCCCCCCCCCC(=O)OC(COC(=O)CCCCCCCCCCCCCCCCCCCCCCCCCCCCCCCCCC)COP(=O)(O)OCC[N+](C)(C)C. The standard InChI is InChI=1S/C75H146NO8P/c1-6-8-10-12-14-16-18-20-22-24-26-28-30-32-34-36-37-38-40-41-43-45-47-49-51-53-55-57-59-61-63-65-67-74(77)81-71-73(72-83-85(79,80)82-70-69-76(3,4)5)84-75(78)68-66-64-62-60-58-56-54-52-50-48-46-44-42-39-35-33-31-29-27-25-23-21-19-17-15-13-11-9-7-2/h19,21,25,27,73H,6-18,20,22-24,26,28-72H2,1-5H3/p+1/b21-19-,27-25-. The van der Waals surface area contributed by atoms with Gasteiger partial charge in [-0.25, -0.2) is 4.57 Å². The number of phosphoric ester groups is 1. The number of ether oxygens (including phenoxy) is 2. The van der Waals surface area contributed by atoms with Crippen LogP contribution in [-0.4, -0.2) is 74.9 Å². The smallest absolute Gasteiger partial charge is 0.462 e. The zero-order valence-electron chi connectivity index (χ0n) is 57.6. The van der Waals surface area contributed by atoms with Gasteiger partial charge in [0.05, 0.1) is 27.7 Å². The third kappa shape index (κ3) is 71.4.